The van der Waals surface area contributed by atoms with E-state index in [1.54, 1.807) is 7.11 Å². The van der Waals surface area contributed by atoms with Crippen molar-refractivity contribution in [3.63, 3.8) is 0 Å². The molecule has 1 aliphatic heterocycles. The molecule has 124 valence electrons. The summed E-state index contributed by atoms with van der Waals surface area (Å²) in [5.41, 5.74) is 1.16. The molecule has 0 N–H and O–H groups in total. The van der Waals surface area contributed by atoms with Gasteiger partial charge in [-0.25, -0.2) is 0 Å². The third-order valence-corrected chi connectivity index (χ3v) is 4.16. The summed E-state index contributed by atoms with van der Waals surface area (Å²) in [6.45, 7) is 8.73. The maximum Gasteiger partial charge on any atom is 0.240 e. The molecule has 23 heavy (non-hydrogen) atoms. The molecule has 1 aromatic carbocycles. The van der Waals surface area contributed by atoms with E-state index in [0.29, 0.717) is 11.8 Å². The lowest BCUT2D eigenvalue weighted by atomic mass is 10.2. The van der Waals surface area contributed by atoms with Crippen LogP contribution in [0.2, 0.25) is 0 Å². The molecule has 0 aliphatic carbocycles. The van der Waals surface area contributed by atoms with E-state index in [4.69, 9.17) is 9.26 Å². The number of anilines is 1. The average molecular weight is 316 g/mol. The van der Waals surface area contributed by atoms with E-state index in [1.165, 1.54) is 0 Å². The third-order valence-electron chi connectivity index (χ3n) is 4.16. The van der Waals surface area contributed by atoms with E-state index >= 15 is 0 Å². The van der Waals surface area contributed by atoms with Crippen LogP contribution in [0.1, 0.15) is 31.5 Å². The van der Waals surface area contributed by atoms with Gasteiger partial charge in [0.15, 0.2) is 5.82 Å². The van der Waals surface area contributed by atoms with Crippen molar-refractivity contribution < 1.29 is 9.26 Å². The Morgan fingerprint density at radius 3 is 2.57 bits per heavy atom. The fourth-order valence-corrected chi connectivity index (χ4v) is 2.80. The highest BCUT2D eigenvalue weighted by Crippen LogP contribution is 2.28. The van der Waals surface area contributed by atoms with Gasteiger partial charge in [0.25, 0.3) is 0 Å². The number of para-hydroxylation sites is 2. The summed E-state index contributed by atoms with van der Waals surface area (Å²) >= 11 is 0. The van der Waals surface area contributed by atoms with Crippen LogP contribution in [0.3, 0.4) is 0 Å². The molecule has 0 bridgehead atoms. The van der Waals surface area contributed by atoms with Crippen LogP contribution in [0, 0.1) is 0 Å². The van der Waals surface area contributed by atoms with Crippen molar-refractivity contribution in [1.82, 2.24) is 15.0 Å². The Labute approximate surface area is 137 Å². The maximum absolute atomic E-state index is 5.46. The standard InChI is InChI=1S/C17H24N4O2/c1-13(2)17-18-16(23-19-17)12-20-8-10-21(11-9-20)14-6-4-5-7-15(14)22-3/h4-7,13H,8-12H2,1-3H3. The molecule has 1 saturated heterocycles. The smallest absolute Gasteiger partial charge is 0.240 e. The van der Waals surface area contributed by atoms with Crippen molar-refractivity contribution in [3.05, 3.63) is 36.0 Å². The number of piperazine rings is 1. The van der Waals surface area contributed by atoms with Crippen LogP contribution in [0.25, 0.3) is 0 Å². The van der Waals surface area contributed by atoms with Crippen LogP contribution in [-0.4, -0.2) is 48.3 Å². The van der Waals surface area contributed by atoms with E-state index < -0.39 is 0 Å². The summed E-state index contributed by atoms with van der Waals surface area (Å²) in [7, 11) is 1.72. The van der Waals surface area contributed by atoms with Crippen molar-refractivity contribution in [2.75, 3.05) is 38.2 Å². The van der Waals surface area contributed by atoms with Gasteiger partial charge in [-0.05, 0) is 12.1 Å². The maximum atomic E-state index is 5.46. The molecule has 1 fully saturated rings. The monoisotopic (exact) mass is 316 g/mol. The number of benzene rings is 1. The fraction of sp³-hybridized carbons (Fsp3) is 0.529. The van der Waals surface area contributed by atoms with Gasteiger partial charge in [-0.3, -0.25) is 4.90 Å². The summed E-state index contributed by atoms with van der Waals surface area (Å²) in [6, 6.07) is 8.17. The van der Waals surface area contributed by atoms with Crippen LogP contribution < -0.4 is 9.64 Å². The third kappa shape index (κ3) is 3.64. The van der Waals surface area contributed by atoms with Gasteiger partial charge in [0.2, 0.25) is 5.89 Å². The SMILES string of the molecule is COc1ccccc1N1CCN(Cc2nc(C(C)C)no2)CC1. The Balaban J connectivity index is 1.57. The topological polar surface area (TPSA) is 54.6 Å². The summed E-state index contributed by atoms with van der Waals surface area (Å²) in [4.78, 5) is 9.17. The van der Waals surface area contributed by atoms with Crippen molar-refractivity contribution >= 4 is 5.69 Å². The van der Waals surface area contributed by atoms with Gasteiger partial charge in [0, 0.05) is 32.1 Å². The van der Waals surface area contributed by atoms with Crippen molar-refractivity contribution in [1.29, 1.82) is 0 Å². The molecule has 0 amide bonds. The van der Waals surface area contributed by atoms with E-state index in [9.17, 15) is 0 Å². The molecule has 1 aromatic heterocycles. The van der Waals surface area contributed by atoms with Crippen LogP contribution in [0.5, 0.6) is 5.75 Å². The number of aromatic nitrogens is 2. The molecule has 6 heteroatoms. The molecular formula is C17H24N4O2. The highest BCUT2D eigenvalue weighted by atomic mass is 16.5. The van der Waals surface area contributed by atoms with Crippen LogP contribution >= 0.6 is 0 Å². The van der Waals surface area contributed by atoms with Gasteiger partial charge in [0.1, 0.15) is 5.75 Å². The van der Waals surface area contributed by atoms with Gasteiger partial charge in [-0.1, -0.05) is 31.1 Å². The van der Waals surface area contributed by atoms with Crippen LogP contribution in [0.4, 0.5) is 5.69 Å². The van der Waals surface area contributed by atoms with E-state index in [0.717, 1.165) is 50.0 Å². The summed E-state index contributed by atoms with van der Waals surface area (Å²) < 4.78 is 10.8. The van der Waals surface area contributed by atoms with Gasteiger partial charge in [0.05, 0.1) is 19.3 Å². The lowest BCUT2D eigenvalue weighted by Crippen LogP contribution is -2.46. The number of methoxy groups -OCH3 is 1. The van der Waals surface area contributed by atoms with Crippen LogP contribution in [0.15, 0.2) is 28.8 Å². The number of hydrogen-bond donors (Lipinski definition) is 0. The zero-order valence-electron chi connectivity index (χ0n) is 14.0. The quantitative estimate of drug-likeness (QED) is 0.845. The first-order valence-electron chi connectivity index (χ1n) is 8.10. The van der Waals surface area contributed by atoms with Crippen LogP contribution in [-0.2, 0) is 6.54 Å². The van der Waals surface area contributed by atoms with Crippen molar-refractivity contribution in [2.45, 2.75) is 26.3 Å². The van der Waals surface area contributed by atoms with Gasteiger partial charge in [-0.15, -0.1) is 0 Å². The first-order chi connectivity index (χ1) is 11.2. The summed E-state index contributed by atoms with van der Waals surface area (Å²) in [6.07, 6.45) is 0. The summed E-state index contributed by atoms with van der Waals surface area (Å²) in [5, 5.41) is 4.03. The lowest BCUT2D eigenvalue weighted by Gasteiger charge is -2.35. The molecule has 3 rings (SSSR count). The minimum absolute atomic E-state index is 0.301. The predicted octanol–water partition coefficient (Wildman–Crippen LogP) is 2.52. The first-order valence-corrected chi connectivity index (χ1v) is 8.10. The highest BCUT2D eigenvalue weighted by Gasteiger charge is 2.21. The highest BCUT2D eigenvalue weighted by molar-refractivity contribution is 5.58. The molecule has 1 aliphatic rings. The minimum Gasteiger partial charge on any atom is -0.495 e. The number of nitrogens with zero attached hydrogens (tertiary/aromatic N) is 4. The van der Waals surface area contributed by atoms with E-state index in [2.05, 4.69) is 45.9 Å². The summed E-state index contributed by atoms with van der Waals surface area (Å²) in [5.74, 6) is 2.72. The molecule has 0 atom stereocenters. The second-order valence-electron chi connectivity index (χ2n) is 6.14. The fourth-order valence-electron chi connectivity index (χ4n) is 2.80. The largest absolute Gasteiger partial charge is 0.495 e. The Hall–Kier alpha value is -2.08. The lowest BCUT2D eigenvalue weighted by molar-refractivity contribution is 0.215. The molecule has 6 nitrogen and oxygen atoms in total. The van der Waals surface area contributed by atoms with Crippen molar-refractivity contribution in [3.8, 4) is 5.75 Å². The predicted molar refractivity (Wildman–Crippen MR) is 88.9 cm³/mol. The Morgan fingerprint density at radius 1 is 1.17 bits per heavy atom. The van der Waals surface area contributed by atoms with E-state index in [-0.39, 0.29) is 0 Å². The second kappa shape index (κ2) is 7.00. The molecule has 0 radical (unpaired) electrons. The molecule has 2 aromatic rings. The zero-order chi connectivity index (χ0) is 16.2. The molecule has 2 heterocycles. The number of rotatable bonds is 5. The molecule has 0 unspecified atom stereocenters. The van der Waals surface area contributed by atoms with Gasteiger partial charge in [-0.2, -0.15) is 4.98 Å². The Bertz CT molecular complexity index is 633. The normalized spacial score (nSPS) is 16.1. The Morgan fingerprint density at radius 2 is 1.91 bits per heavy atom. The zero-order valence-corrected chi connectivity index (χ0v) is 14.0. The number of ether oxygens (including phenoxy) is 1. The van der Waals surface area contributed by atoms with Gasteiger partial charge >= 0.3 is 0 Å². The first kappa shape index (κ1) is 15.8. The molecule has 0 saturated carbocycles. The van der Waals surface area contributed by atoms with E-state index in [1.807, 2.05) is 12.1 Å². The molecule has 0 spiro atoms. The molecular weight excluding hydrogens is 292 g/mol. The number of hydrogen-bond acceptors (Lipinski definition) is 6. The average Bonchev–Trinajstić information content (AvgIpc) is 3.04. The second-order valence-corrected chi connectivity index (χ2v) is 6.14. The van der Waals surface area contributed by atoms with Gasteiger partial charge < -0.3 is 14.2 Å². The minimum atomic E-state index is 0.301. The Kier molecular flexibility index (Phi) is 4.81. The van der Waals surface area contributed by atoms with Crippen molar-refractivity contribution in [2.24, 2.45) is 0 Å².